The zero-order valence-corrected chi connectivity index (χ0v) is 15.3. The van der Waals surface area contributed by atoms with Gasteiger partial charge in [-0.25, -0.2) is 19.3 Å². The van der Waals surface area contributed by atoms with E-state index < -0.39 is 5.82 Å². The summed E-state index contributed by atoms with van der Waals surface area (Å²) in [6.45, 7) is 0. The fraction of sp³-hybridized carbons (Fsp3) is 0. The molecule has 0 saturated carbocycles. The van der Waals surface area contributed by atoms with E-state index in [9.17, 15) is 4.39 Å². The first kappa shape index (κ1) is 16.6. The topological polar surface area (TPSA) is 88.8 Å². The Bertz CT molecular complexity index is 872. The molecule has 0 unspecified atom stereocenters. The predicted molar refractivity (Wildman–Crippen MR) is 99.0 cm³/mol. The van der Waals surface area contributed by atoms with E-state index in [1.165, 1.54) is 12.4 Å². The minimum absolute atomic E-state index is 0.254. The Labute approximate surface area is 154 Å². The van der Waals surface area contributed by atoms with Crippen LogP contribution in [0.3, 0.4) is 0 Å². The van der Waals surface area contributed by atoms with Crippen LogP contribution in [0.1, 0.15) is 0 Å². The standard InChI is InChI=1S/C15H11Br2FN6/c16-8-1-3-11(10(18)5-8)23-14-13(19)15(22-7-21-14)24-12-4-2-9(17)6-20-12/h1-7H,19H2,(H2,20,21,22,23,24). The highest BCUT2D eigenvalue weighted by Crippen LogP contribution is 2.29. The van der Waals surface area contributed by atoms with Crippen molar-refractivity contribution in [3.63, 3.8) is 0 Å². The zero-order valence-electron chi connectivity index (χ0n) is 12.1. The fourth-order valence-corrected chi connectivity index (χ4v) is 2.45. The Morgan fingerprint density at radius 3 is 2.29 bits per heavy atom. The molecule has 6 nitrogen and oxygen atoms in total. The number of pyridine rings is 1. The van der Waals surface area contributed by atoms with Crippen LogP contribution in [0.25, 0.3) is 0 Å². The van der Waals surface area contributed by atoms with Gasteiger partial charge in [0.25, 0.3) is 0 Å². The van der Waals surface area contributed by atoms with E-state index in [0.29, 0.717) is 21.9 Å². The molecular formula is C15H11Br2FN6. The summed E-state index contributed by atoms with van der Waals surface area (Å²) in [5.41, 5.74) is 6.58. The first-order chi connectivity index (χ1) is 11.5. The van der Waals surface area contributed by atoms with Crippen LogP contribution in [-0.2, 0) is 0 Å². The molecule has 122 valence electrons. The maximum Gasteiger partial charge on any atom is 0.160 e. The molecule has 0 amide bonds. The van der Waals surface area contributed by atoms with Crippen molar-refractivity contribution in [2.45, 2.75) is 0 Å². The number of aromatic nitrogens is 3. The molecule has 0 atom stereocenters. The molecule has 4 N–H and O–H groups in total. The maximum absolute atomic E-state index is 13.9. The van der Waals surface area contributed by atoms with Crippen LogP contribution in [0.5, 0.6) is 0 Å². The van der Waals surface area contributed by atoms with Crippen LogP contribution in [0.4, 0.5) is 33.2 Å². The van der Waals surface area contributed by atoms with E-state index in [-0.39, 0.29) is 11.4 Å². The van der Waals surface area contributed by atoms with Crippen molar-refractivity contribution in [3.8, 4) is 0 Å². The average Bonchev–Trinajstić information content (AvgIpc) is 2.55. The molecule has 0 radical (unpaired) electrons. The largest absolute Gasteiger partial charge is 0.393 e. The third-order valence-corrected chi connectivity index (χ3v) is 4.00. The Hall–Kier alpha value is -2.26. The van der Waals surface area contributed by atoms with E-state index in [1.807, 2.05) is 6.07 Å². The molecule has 9 heteroatoms. The van der Waals surface area contributed by atoms with Crippen molar-refractivity contribution in [1.29, 1.82) is 0 Å². The minimum atomic E-state index is -0.425. The molecule has 0 fully saturated rings. The second-order valence-electron chi connectivity index (χ2n) is 4.72. The average molecular weight is 454 g/mol. The highest BCUT2D eigenvalue weighted by molar-refractivity contribution is 9.10. The van der Waals surface area contributed by atoms with E-state index >= 15 is 0 Å². The molecule has 2 heterocycles. The number of rotatable bonds is 4. The monoisotopic (exact) mass is 452 g/mol. The molecule has 0 saturated heterocycles. The number of nitrogens with one attached hydrogen (secondary N) is 2. The molecule has 0 bridgehead atoms. The number of hydrogen-bond donors (Lipinski definition) is 3. The lowest BCUT2D eigenvalue weighted by atomic mass is 10.3. The summed E-state index contributed by atoms with van der Waals surface area (Å²) in [6, 6.07) is 8.26. The van der Waals surface area contributed by atoms with E-state index in [1.54, 1.807) is 24.4 Å². The Balaban J connectivity index is 1.86. The van der Waals surface area contributed by atoms with E-state index in [0.717, 1.165) is 4.47 Å². The van der Waals surface area contributed by atoms with Crippen molar-refractivity contribution >= 4 is 60.7 Å². The first-order valence-corrected chi connectivity index (χ1v) is 8.32. The van der Waals surface area contributed by atoms with Gasteiger partial charge in [0.2, 0.25) is 0 Å². The molecule has 3 rings (SSSR count). The third-order valence-electron chi connectivity index (χ3n) is 3.04. The number of hydrogen-bond acceptors (Lipinski definition) is 6. The lowest BCUT2D eigenvalue weighted by Gasteiger charge is -2.12. The van der Waals surface area contributed by atoms with E-state index in [2.05, 4.69) is 57.4 Å². The first-order valence-electron chi connectivity index (χ1n) is 6.74. The minimum Gasteiger partial charge on any atom is -0.393 e. The number of nitrogens with zero attached hydrogens (tertiary/aromatic N) is 3. The molecule has 24 heavy (non-hydrogen) atoms. The van der Waals surface area contributed by atoms with Gasteiger partial charge in [0, 0.05) is 15.1 Å². The smallest absolute Gasteiger partial charge is 0.160 e. The van der Waals surface area contributed by atoms with Gasteiger partial charge in [0.15, 0.2) is 11.6 Å². The van der Waals surface area contributed by atoms with Crippen LogP contribution < -0.4 is 16.4 Å². The number of halogens is 3. The molecular weight excluding hydrogens is 443 g/mol. The lowest BCUT2D eigenvalue weighted by molar-refractivity contribution is 0.631. The fourth-order valence-electron chi connectivity index (χ4n) is 1.88. The quantitative estimate of drug-likeness (QED) is 0.534. The summed E-state index contributed by atoms with van der Waals surface area (Å²) in [4.78, 5) is 12.3. The molecule has 0 aliphatic rings. The maximum atomic E-state index is 13.9. The van der Waals surface area contributed by atoms with Crippen molar-refractivity contribution in [3.05, 3.63) is 57.6 Å². The van der Waals surface area contributed by atoms with Crippen LogP contribution in [0.15, 0.2) is 51.8 Å². The van der Waals surface area contributed by atoms with Gasteiger partial charge in [0.1, 0.15) is 23.6 Å². The lowest BCUT2D eigenvalue weighted by Crippen LogP contribution is -2.06. The molecule has 0 aliphatic heterocycles. The highest BCUT2D eigenvalue weighted by Gasteiger charge is 2.11. The molecule has 3 aromatic rings. The molecule has 0 spiro atoms. The normalized spacial score (nSPS) is 10.5. The predicted octanol–water partition coefficient (Wildman–Crippen LogP) is 4.61. The summed E-state index contributed by atoms with van der Waals surface area (Å²) in [7, 11) is 0. The summed E-state index contributed by atoms with van der Waals surface area (Å²) in [5, 5.41) is 5.86. The van der Waals surface area contributed by atoms with Crippen molar-refractivity contribution in [2.75, 3.05) is 16.4 Å². The molecule has 0 aliphatic carbocycles. The number of nitrogens with two attached hydrogens (primary N) is 1. The summed E-state index contributed by atoms with van der Waals surface area (Å²) >= 11 is 6.53. The SMILES string of the molecule is Nc1c(Nc2ccc(Br)cn2)ncnc1Nc1ccc(Br)cc1F. The van der Waals surface area contributed by atoms with Gasteiger partial charge in [-0.2, -0.15) is 0 Å². The summed E-state index contributed by atoms with van der Waals surface area (Å²) < 4.78 is 15.4. The Morgan fingerprint density at radius 1 is 0.917 bits per heavy atom. The van der Waals surface area contributed by atoms with Crippen molar-refractivity contribution in [2.24, 2.45) is 0 Å². The highest BCUT2D eigenvalue weighted by atomic mass is 79.9. The van der Waals surface area contributed by atoms with Gasteiger partial charge in [0.05, 0.1) is 5.69 Å². The van der Waals surface area contributed by atoms with Crippen LogP contribution >= 0.6 is 31.9 Å². The number of nitrogen functional groups attached to an aromatic ring is 1. The Morgan fingerprint density at radius 2 is 1.62 bits per heavy atom. The van der Waals surface area contributed by atoms with Gasteiger partial charge in [-0.15, -0.1) is 0 Å². The van der Waals surface area contributed by atoms with Crippen molar-refractivity contribution < 1.29 is 4.39 Å². The van der Waals surface area contributed by atoms with Crippen LogP contribution in [0, 0.1) is 5.82 Å². The summed E-state index contributed by atoms with van der Waals surface area (Å²) in [5.74, 6) is 0.821. The second-order valence-corrected chi connectivity index (χ2v) is 6.55. The van der Waals surface area contributed by atoms with Gasteiger partial charge in [-0.05, 0) is 46.3 Å². The summed E-state index contributed by atoms with van der Waals surface area (Å²) in [6.07, 6.45) is 2.98. The van der Waals surface area contributed by atoms with Gasteiger partial charge >= 0.3 is 0 Å². The van der Waals surface area contributed by atoms with Gasteiger partial charge < -0.3 is 16.4 Å². The Kier molecular flexibility index (Phi) is 4.91. The number of benzene rings is 1. The molecule has 1 aromatic carbocycles. The second kappa shape index (κ2) is 7.10. The van der Waals surface area contributed by atoms with Crippen LogP contribution in [0.2, 0.25) is 0 Å². The van der Waals surface area contributed by atoms with Crippen LogP contribution in [-0.4, -0.2) is 15.0 Å². The zero-order chi connectivity index (χ0) is 17.1. The van der Waals surface area contributed by atoms with Gasteiger partial charge in [-0.3, -0.25) is 0 Å². The third kappa shape index (κ3) is 3.80. The van der Waals surface area contributed by atoms with E-state index in [4.69, 9.17) is 5.73 Å². The molecule has 2 aromatic heterocycles. The van der Waals surface area contributed by atoms with Gasteiger partial charge in [-0.1, -0.05) is 15.9 Å². The number of anilines is 5. The van der Waals surface area contributed by atoms with Crippen molar-refractivity contribution in [1.82, 2.24) is 15.0 Å².